The first-order valence-corrected chi connectivity index (χ1v) is 10.5. The number of carbonyl (C=O) groups is 2. The molecule has 2 aromatic heterocycles. The molecular weight excluding hydrogens is 436 g/mol. The molecule has 4 aromatic rings. The van der Waals surface area contributed by atoms with Gasteiger partial charge in [-0.15, -0.1) is 0 Å². The lowest BCUT2D eigenvalue weighted by Crippen LogP contribution is -2.06. The topological polar surface area (TPSA) is 111 Å². The third kappa shape index (κ3) is 4.09. The van der Waals surface area contributed by atoms with Crippen molar-refractivity contribution < 1.29 is 29.3 Å². The number of nitrogens with zero attached hydrogens (tertiary/aromatic N) is 2. The summed E-state index contributed by atoms with van der Waals surface area (Å²) >= 11 is 0. The zero-order valence-corrected chi connectivity index (χ0v) is 18.6. The summed E-state index contributed by atoms with van der Waals surface area (Å²) < 4.78 is 11.4. The Morgan fingerprint density at radius 2 is 1.62 bits per heavy atom. The quantitative estimate of drug-likeness (QED) is 0.313. The van der Waals surface area contributed by atoms with Gasteiger partial charge in [-0.2, -0.15) is 0 Å². The van der Waals surface area contributed by atoms with E-state index in [1.54, 1.807) is 55.5 Å². The van der Waals surface area contributed by atoms with Gasteiger partial charge >= 0.3 is 5.97 Å². The molecule has 0 radical (unpaired) electrons. The summed E-state index contributed by atoms with van der Waals surface area (Å²) in [5.41, 5.74) is 1.79. The van der Waals surface area contributed by atoms with Crippen LogP contribution in [0.2, 0.25) is 0 Å². The van der Waals surface area contributed by atoms with Crippen LogP contribution in [0.3, 0.4) is 0 Å². The van der Waals surface area contributed by atoms with Crippen molar-refractivity contribution in [3.63, 3.8) is 0 Å². The zero-order valence-electron chi connectivity index (χ0n) is 18.6. The van der Waals surface area contributed by atoms with Gasteiger partial charge < -0.3 is 19.7 Å². The first-order chi connectivity index (χ1) is 16.5. The van der Waals surface area contributed by atoms with Gasteiger partial charge in [-0.1, -0.05) is 30.3 Å². The molecule has 2 aromatic carbocycles. The number of rotatable bonds is 7. The van der Waals surface area contributed by atoms with Crippen LogP contribution in [-0.2, 0) is 4.74 Å². The number of pyridine rings is 1. The molecule has 0 unspecified atom stereocenters. The molecule has 0 atom stereocenters. The Hall–Kier alpha value is -4.59. The van der Waals surface area contributed by atoms with Crippen molar-refractivity contribution in [2.24, 2.45) is 0 Å². The molecular formula is C26H22N2O6. The Bertz CT molecular complexity index is 1330. The lowest BCUT2D eigenvalue weighted by Gasteiger charge is -2.12. The van der Waals surface area contributed by atoms with Crippen LogP contribution < -0.4 is 4.74 Å². The summed E-state index contributed by atoms with van der Waals surface area (Å²) in [5, 5.41) is 21.7. The molecule has 0 saturated carbocycles. The molecule has 0 spiro atoms. The van der Waals surface area contributed by atoms with Crippen LogP contribution in [0.4, 0.5) is 0 Å². The molecule has 0 aliphatic heterocycles. The molecule has 34 heavy (non-hydrogen) atoms. The fraction of sp³-hybridized carbons (Fsp3) is 0.115. The SMILES string of the molecule is CCOC(=O)c1ccc(-n2c(O)c(O)c(C(=O)c3ccc(OC)nc3)c2-c2ccccc2)cc1. The van der Waals surface area contributed by atoms with Crippen molar-refractivity contribution in [1.82, 2.24) is 9.55 Å². The summed E-state index contributed by atoms with van der Waals surface area (Å²) in [7, 11) is 1.47. The van der Waals surface area contributed by atoms with E-state index < -0.39 is 23.4 Å². The van der Waals surface area contributed by atoms with Crippen molar-refractivity contribution in [2.75, 3.05) is 13.7 Å². The first kappa shape index (κ1) is 22.6. The Morgan fingerprint density at radius 3 is 2.21 bits per heavy atom. The minimum absolute atomic E-state index is 0.0786. The van der Waals surface area contributed by atoms with Crippen LogP contribution in [0.1, 0.15) is 33.2 Å². The van der Waals surface area contributed by atoms with E-state index in [1.165, 1.54) is 30.0 Å². The number of benzene rings is 2. The molecule has 8 heteroatoms. The van der Waals surface area contributed by atoms with E-state index in [-0.39, 0.29) is 17.7 Å². The predicted octanol–water partition coefficient (Wildman–Crippen LogP) is 4.37. The van der Waals surface area contributed by atoms with Crippen LogP contribution in [0.15, 0.2) is 72.9 Å². The fourth-order valence-corrected chi connectivity index (χ4v) is 3.62. The number of hydrogen-bond donors (Lipinski definition) is 2. The van der Waals surface area contributed by atoms with E-state index in [4.69, 9.17) is 9.47 Å². The summed E-state index contributed by atoms with van der Waals surface area (Å²) in [6, 6.07) is 18.3. The van der Waals surface area contributed by atoms with Gasteiger partial charge in [-0.3, -0.25) is 9.36 Å². The highest BCUT2D eigenvalue weighted by Crippen LogP contribution is 2.44. The largest absolute Gasteiger partial charge is 0.503 e. The molecule has 0 fully saturated rings. The summed E-state index contributed by atoms with van der Waals surface area (Å²) in [5.74, 6) is -1.73. The van der Waals surface area contributed by atoms with Gasteiger partial charge in [0.15, 0.2) is 5.75 Å². The highest BCUT2D eigenvalue weighted by Gasteiger charge is 2.30. The van der Waals surface area contributed by atoms with Crippen LogP contribution in [0, 0.1) is 0 Å². The number of ether oxygens (including phenoxy) is 2. The van der Waals surface area contributed by atoms with E-state index >= 15 is 0 Å². The van der Waals surface area contributed by atoms with Gasteiger partial charge in [-0.05, 0) is 42.8 Å². The highest BCUT2D eigenvalue weighted by molar-refractivity contribution is 6.15. The number of hydrogen-bond acceptors (Lipinski definition) is 7. The molecule has 0 aliphatic carbocycles. The second-order valence-corrected chi connectivity index (χ2v) is 7.28. The van der Waals surface area contributed by atoms with Crippen molar-refractivity contribution in [2.45, 2.75) is 6.92 Å². The smallest absolute Gasteiger partial charge is 0.338 e. The maximum absolute atomic E-state index is 13.4. The third-order valence-electron chi connectivity index (χ3n) is 5.24. The Balaban J connectivity index is 1.89. The van der Waals surface area contributed by atoms with Crippen molar-refractivity contribution in [1.29, 1.82) is 0 Å². The Morgan fingerprint density at radius 1 is 0.941 bits per heavy atom. The van der Waals surface area contributed by atoms with Crippen LogP contribution in [0.5, 0.6) is 17.5 Å². The minimum atomic E-state index is -0.561. The highest BCUT2D eigenvalue weighted by atomic mass is 16.5. The van der Waals surface area contributed by atoms with Gasteiger partial charge in [0, 0.05) is 23.5 Å². The van der Waals surface area contributed by atoms with Gasteiger partial charge in [0.1, 0.15) is 0 Å². The Labute approximate surface area is 195 Å². The molecule has 172 valence electrons. The average molecular weight is 458 g/mol. The van der Waals surface area contributed by atoms with Gasteiger partial charge in [0.05, 0.1) is 30.5 Å². The maximum Gasteiger partial charge on any atom is 0.338 e. The predicted molar refractivity (Wildman–Crippen MR) is 125 cm³/mol. The molecule has 2 heterocycles. The normalized spacial score (nSPS) is 10.6. The maximum atomic E-state index is 13.4. The molecule has 8 nitrogen and oxygen atoms in total. The summed E-state index contributed by atoms with van der Waals surface area (Å²) in [6.07, 6.45) is 1.35. The van der Waals surface area contributed by atoms with Crippen molar-refractivity contribution >= 4 is 11.8 Å². The molecule has 2 N–H and O–H groups in total. The molecule has 0 aliphatic rings. The van der Waals surface area contributed by atoms with Crippen molar-refractivity contribution in [3.05, 3.63) is 89.6 Å². The molecule has 0 saturated heterocycles. The van der Waals surface area contributed by atoms with E-state index in [1.807, 2.05) is 6.07 Å². The lowest BCUT2D eigenvalue weighted by atomic mass is 10.00. The van der Waals surface area contributed by atoms with E-state index in [0.717, 1.165) is 0 Å². The number of esters is 1. The number of methoxy groups -OCH3 is 1. The van der Waals surface area contributed by atoms with Gasteiger partial charge in [-0.25, -0.2) is 9.78 Å². The molecule has 4 rings (SSSR count). The monoisotopic (exact) mass is 458 g/mol. The van der Waals surface area contributed by atoms with Crippen LogP contribution >= 0.6 is 0 Å². The first-order valence-electron chi connectivity index (χ1n) is 10.5. The van der Waals surface area contributed by atoms with E-state index in [9.17, 15) is 19.8 Å². The average Bonchev–Trinajstić information content (AvgIpc) is 3.14. The third-order valence-corrected chi connectivity index (χ3v) is 5.24. The summed E-state index contributed by atoms with van der Waals surface area (Å²) in [6.45, 7) is 1.96. The fourth-order valence-electron chi connectivity index (χ4n) is 3.62. The number of ketones is 1. The van der Waals surface area contributed by atoms with Gasteiger partial charge in [0.2, 0.25) is 17.5 Å². The molecule has 0 amide bonds. The van der Waals surface area contributed by atoms with Gasteiger partial charge in [0.25, 0.3) is 0 Å². The Kier molecular flexibility index (Phi) is 6.31. The standard InChI is InChI=1S/C26H22N2O6/c1-3-34-26(32)17-9-12-19(13-10-17)28-22(16-7-5-4-6-8-16)21(24(30)25(28)31)23(29)18-11-14-20(33-2)27-15-18/h4-15,30-31H,3H2,1-2H3. The summed E-state index contributed by atoms with van der Waals surface area (Å²) in [4.78, 5) is 29.5. The van der Waals surface area contributed by atoms with E-state index in [2.05, 4.69) is 4.98 Å². The number of carbonyl (C=O) groups excluding carboxylic acids is 2. The number of aromatic hydroxyl groups is 2. The zero-order chi connectivity index (χ0) is 24.2. The second kappa shape index (κ2) is 9.50. The van der Waals surface area contributed by atoms with E-state index in [0.29, 0.717) is 28.4 Å². The molecule has 0 bridgehead atoms. The van der Waals surface area contributed by atoms with Crippen LogP contribution in [0.25, 0.3) is 16.9 Å². The number of aromatic nitrogens is 2. The van der Waals surface area contributed by atoms with Crippen LogP contribution in [-0.4, -0.2) is 45.2 Å². The van der Waals surface area contributed by atoms with Crippen molar-refractivity contribution in [3.8, 4) is 34.5 Å². The minimum Gasteiger partial charge on any atom is -0.503 e. The second-order valence-electron chi connectivity index (χ2n) is 7.28. The lowest BCUT2D eigenvalue weighted by molar-refractivity contribution is 0.0526.